The predicted octanol–water partition coefficient (Wildman–Crippen LogP) is -1.57. The number of carbonyl (C=O) groups is 2. The number of aromatic carboxylic acids is 1. The second-order valence-corrected chi connectivity index (χ2v) is 2.89. The topological polar surface area (TPSA) is 138 Å². The summed E-state index contributed by atoms with van der Waals surface area (Å²) in [6, 6.07) is 0. The van der Waals surface area contributed by atoms with Crippen LogP contribution in [0, 0.1) is 0 Å². The Morgan fingerprint density at radius 3 is 2.75 bits per heavy atom. The molecule has 1 aromatic heterocycles. The van der Waals surface area contributed by atoms with Crippen LogP contribution in [0.4, 0.5) is 5.82 Å². The average molecular weight is 226 g/mol. The maximum Gasteiger partial charge on any atom is 0.356 e. The van der Waals surface area contributed by atoms with Crippen molar-refractivity contribution in [3.63, 3.8) is 0 Å². The molecular formula is C8H10N4O4. The van der Waals surface area contributed by atoms with Crippen molar-refractivity contribution < 1.29 is 19.8 Å². The second kappa shape index (κ2) is 5.03. The lowest BCUT2D eigenvalue weighted by molar-refractivity contribution is -0.125. The smallest absolute Gasteiger partial charge is 0.356 e. The van der Waals surface area contributed by atoms with Gasteiger partial charge < -0.3 is 21.3 Å². The van der Waals surface area contributed by atoms with E-state index in [9.17, 15) is 9.59 Å². The minimum absolute atomic E-state index is 0.139. The number of carbonyl (C=O) groups excluding carboxylic acids is 1. The van der Waals surface area contributed by atoms with Crippen molar-refractivity contribution in [3.05, 3.63) is 18.1 Å². The van der Waals surface area contributed by atoms with E-state index in [1.165, 1.54) is 6.20 Å². The largest absolute Gasteiger partial charge is 0.476 e. The van der Waals surface area contributed by atoms with Crippen LogP contribution in [0.2, 0.25) is 0 Å². The van der Waals surface area contributed by atoms with Gasteiger partial charge in [-0.15, -0.1) is 0 Å². The van der Waals surface area contributed by atoms with Crippen LogP contribution in [-0.2, 0) is 4.79 Å². The van der Waals surface area contributed by atoms with Crippen LogP contribution in [0.1, 0.15) is 10.5 Å². The van der Waals surface area contributed by atoms with E-state index < -0.39 is 18.0 Å². The van der Waals surface area contributed by atoms with Crippen LogP contribution >= 0.6 is 0 Å². The van der Waals surface area contributed by atoms with E-state index in [0.29, 0.717) is 0 Å². The molecule has 0 spiro atoms. The summed E-state index contributed by atoms with van der Waals surface area (Å²) >= 11 is 0. The molecule has 1 amide bonds. The van der Waals surface area contributed by atoms with Gasteiger partial charge in [0.2, 0.25) is 5.91 Å². The van der Waals surface area contributed by atoms with Crippen LogP contribution in [-0.4, -0.2) is 44.7 Å². The number of amides is 1. The van der Waals surface area contributed by atoms with Crippen molar-refractivity contribution >= 4 is 17.7 Å². The molecule has 0 aliphatic carbocycles. The first kappa shape index (κ1) is 11.9. The third-order valence-corrected chi connectivity index (χ3v) is 1.66. The zero-order valence-electron chi connectivity index (χ0n) is 8.12. The Morgan fingerprint density at radius 2 is 2.19 bits per heavy atom. The molecule has 0 aliphatic heterocycles. The van der Waals surface area contributed by atoms with Gasteiger partial charge in [-0.25, -0.2) is 9.78 Å². The summed E-state index contributed by atoms with van der Waals surface area (Å²) < 4.78 is 0. The molecule has 0 aliphatic rings. The first-order valence-electron chi connectivity index (χ1n) is 4.27. The van der Waals surface area contributed by atoms with Gasteiger partial charge in [-0.05, 0) is 0 Å². The number of nitrogens with one attached hydrogen (secondary N) is 1. The fourth-order valence-electron chi connectivity index (χ4n) is 0.856. The highest BCUT2D eigenvalue weighted by molar-refractivity contribution is 5.85. The van der Waals surface area contributed by atoms with E-state index in [2.05, 4.69) is 15.3 Å². The van der Waals surface area contributed by atoms with E-state index in [1.54, 1.807) is 0 Å². The molecule has 1 unspecified atom stereocenters. The minimum atomic E-state index is -1.37. The fourth-order valence-corrected chi connectivity index (χ4v) is 0.856. The van der Waals surface area contributed by atoms with Gasteiger partial charge in [-0.2, -0.15) is 0 Å². The molecule has 86 valence electrons. The van der Waals surface area contributed by atoms with Crippen molar-refractivity contribution in [1.82, 2.24) is 9.97 Å². The second-order valence-electron chi connectivity index (χ2n) is 2.89. The molecule has 1 heterocycles. The first-order valence-corrected chi connectivity index (χ1v) is 4.27. The molecule has 16 heavy (non-hydrogen) atoms. The SMILES string of the molecule is NC(=O)C(O)CNc1cncc(C(=O)O)n1. The maximum absolute atomic E-state index is 10.5. The lowest BCUT2D eigenvalue weighted by atomic mass is 10.3. The van der Waals surface area contributed by atoms with Crippen molar-refractivity contribution in [3.8, 4) is 0 Å². The van der Waals surface area contributed by atoms with Crippen LogP contribution < -0.4 is 11.1 Å². The molecule has 0 saturated carbocycles. The van der Waals surface area contributed by atoms with E-state index in [4.69, 9.17) is 15.9 Å². The minimum Gasteiger partial charge on any atom is -0.476 e. The molecule has 0 radical (unpaired) electrons. The number of rotatable bonds is 5. The summed E-state index contributed by atoms with van der Waals surface area (Å²) in [7, 11) is 0. The van der Waals surface area contributed by atoms with Gasteiger partial charge in [0.15, 0.2) is 5.69 Å². The molecule has 8 nitrogen and oxygen atoms in total. The standard InChI is InChI=1S/C8H10N4O4/c9-7(14)5(13)2-11-6-3-10-1-4(12-6)8(15)16/h1,3,5,13H,2H2,(H2,9,14)(H,11,12)(H,15,16). The molecule has 8 heteroatoms. The highest BCUT2D eigenvalue weighted by atomic mass is 16.4. The third kappa shape index (κ3) is 3.17. The molecule has 1 rings (SSSR count). The Bertz CT molecular complexity index is 409. The Hall–Kier alpha value is -2.22. The molecule has 1 aromatic rings. The fraction of sp³-hybridized carbons (Fsp3) is 0.250. The zero-order valence-corrected chi connectivity index (χ0v) is 8.12. The van der Waals surface area contributed by atoms with E-state index in [0.717, 1.165) is 6.20 Å². The van der Waals surface area contributed by atoms with Crippen molar-refractivity contribution in [2.75, 3.05) is 11.9 Å². The number of hydrogen-bond acceptors (Lipinski definition) is 6. The van der Waals surface area contributed by atoms with Crippen LogP contribution in [0.15, 0.2) is 12.4 Å². The average Bonchev–Trinajstić information content (AvgIpc) is 2.26. The molecule has 0 bridgehead atoms. The number of primary amides is 1. The highest BCUT2D eigenvalue weighted by Crippen LogP contribution is 2.02. The predicted molar refractivity (Wildman–Crippen MR) is 52.7 cm³/mol. The van der Waals surface area contributed by atoms with Gasteiger partial charge in [0.25, 0.3) is 0 Å². The van der Waals surface area contributed by atoms with Gasteiger partial charge >= 0.3 is 5.97 Å². The van der Waals surface area contributed by atoms with Gasteiger partial charge in [-0.1, -0.05) is 0 Å². The number of aromatic nitrogens is 2. The van der Waals surface area contributed by atoms with Crippen molar-refractivity contribution in [1.29, 1.82) is 0 Å². The van der Waals surface area contributed by atoms with Crippen molar-refractivity contribution in [2.24, 2.45) is 5.73 Å². The zero-order chi connectivity index (χ0) is 12.1. The Balaban J connectivity index is 2.64. The Kier molecular flexibility index (Phi) is 3.72. The third-order valence-electron chi connectivity index (χ3n) is 1.66. The lowest BCUT2D eigenvalue weighted by Gasteiger charge is -2.08. The van der Waals surface area contributed by atoms with Gasteiger partial charge in [0, 0.05) is 0 Å². The summed E-state index contributed by atoms with van der Waals surface area (Å²) in [4.78, 5) is 28.3. The number of anilines is 1. The van der Waals surface area contributed by atoms with Gasteiger partial charge in [0.05, 0.1) is 18.9 Å². The lowest BCUT2D eigenvalue weighted by Crippen LogP contribution is -2.34. The number of carboxylic acid groups (broad SMARTS) is 1. The van der Waals surface area contributed by atoms with E-state index in [1.807, 2.05) is 0 Å². The monoisotopic (exact) mass is 226 g/mol. The maximum atomic E-state index is 10.5. The summed E-state index contributed by atoms with van der Waals surface area (Å²) in [5, 5.41) is 20.2. The van der Waals surface area contributed by atoms with Crippen LogP contribution in [0.25, 0.3) is 0 Å². The first-order chi connectivity index (χ1) is 7.50. The summed E-state index contributed by atoms with van der Waals surface area (Å²) in [6.45, 7) is -0.160. The summed E-state index contributed by atoms with van der Waals surface area (Å²) in [6.07, 6.45) is 0.980. The Morgan fingerprint density at radius 1 is 1.50 bits per heavy atom. The molecule has 0 fully saturated rings. The van der Waals surface area contributed by atoms with E-state index >= 15 is 0 Å². The van der Waals surface area contributed by atoms with E-state index in [-0.39, 0.29) is 18.1 Å². The normalized spacial score (nSPS) is 11.8. The number of nitrogens with two attached hydrogens (primary N) is 1. The number of hydrogen-bond donors (Lipinski definition) is 4. The Labute approximate surface area is 90.1 Å². The highest BCUT2D eigenvalue weighted by Gasteiger charge is 2.11. The number of aliphatic hydroxyl groups excluding tert-OH is 1. The number of carboxylic acids is 1. The summed E-state index contributed by atoms with van der Waals surface area (Å²) in [5.74, 6) is -1.96. The van der Waals surface area contributed by atoms with Crippen molar-refractivity contribution in [2.45, 2.75) is 6.10 Å². The number of aliphatic hydroxyl groups is 1. The molecule has 1 atom stereocenters. The van der Waals surface area contributed by atoms with Crippen LogP contribution in [0.5, 0.6) is 0 Å². The molecule has 0 aromatic carbocycles. The summed E-state index contributed by atoms with van der Waals surface area (Å²) in [5.41, 5.74) is 4.58. The van der Waals surface area contributed by atoms with Crippen LogP contribution in [0.3, 0.4) is 0 Å². The quantitative estimate of drug-likeness (QED) is 0.475. The number of nitrogens with zero attached hydrogens (tertiary/aromatic N) is 2. The molecule has 0 saturated heterocycles. The van der Waals surface area contributed by atoms with Gasteiger partial charge in [-0.3, -0.25) is 9.78 Å². The molecule has 5 N–H and O–H groups in total. The van der Waals surface area contributed by atoms with Gasteiger partial charge in [0.1, 0.15) is 11.9 Å². The molecular weight excluding hydrogens is 216 g/mol.